The van der Waals surface area contributed by atoms with Gasteiger partial charge >= 0.3 is 5.97 Å². The molecule has 0 aromatic carbocycles. The van der Waals surface area contributed by atoms with Crippen LogP contribution in [-0.2, 0) is 19.1 Å². The molecular weight excluding hydrogens is 284 g/mol. The Balaban J connectivity index is 2.99. The first-order valence-corrected chi connectivity index (χ1v) is 7.96. The number of carbonyl (C=O) groups excluding carboxylic acids is 2. The average Bonchev–Trinajstić information content (AvgIpc) is 2.53. The second kappa shape index (κ2) is 8.90. The SMILES string of the molecule is CCC(=O)N[C@@H]1[C@@H](N)CC(C(=O)OC)=C[C@H]1OC(CC)CC. The first kappa shape index (κ1) is 18.6. The molecule has 6 heteroatoms. The van der Waals surface area contributed by atoms with E-state index in [1.165, 1.54) is 7.11 Å². The van der Waals surface area contributed by atoms with Crippen molar-refractivity contribution in [1.29, 1.82) is 0 Å². The minimum atomic E-state index is -0.418. The fraction of sp³-hybridized carbons (Fsp3) is 0.750. The highest BCUT2D eigenvalue weighted by Gasteiger charge is 2.35. The van der Waals surface area contributed by atoms with Gasteiger partial charge in [-0.1, -0.05) is 20.8 Å². The molecule has 0 fully saturated rings. The summed E-state index contributed by atoms with van der Waals surface area (Å²) in [5.41, 5.74) is 6.68. The van der Waals surface area contributed by atoms with Crippen molar-refractivity contribution in [3.63, 3.8) is 0 Å². The van der Waals surface area contributed by atoms with Crippen LogP contribution in [0.15, 0.2) is 11.6 Å². The molecule has 0 radical (unpaired) electrons. The molecular formula is C16H28N2O4. The van der Waals surface area contributed by atoms with Crippen molar-refractivity contribution < 1.29 is 19.1 Å². The summed E-state index contributed by atoms with van der Waals surface area (Å²) in [5.74, 6) is -0.470. The summed E-state index contributed by atoms with van der Waals surface area (Å²) in [7, 11) is 1.34. The normalized spacial score (nSPS) is 24.8. The van der Waals surface area contributed by atoms with Gasteiger partial charge in [-0.2, -0.15) is 0 Å². The molecule has 126 valence electrons. The summed E-state index contributed by atoms with van der Waals surface area (Å²) in [6, 6.07) is -0.713. The summed E-state index contributed by atoms with van der Waals surface area (Å²) < 4.78 is 10.8. The summed E-state index contributed by atoms with van der Waals surface area (Å²) in [4.78, 5) is 23.5. The topological polar surface area (TPSA) is 90.7 Å². The lowest BCUT2D eigenvalue weighted by Gasteiger charge is -2.36. The van der Waals surface area contributed by atoms with Crippen LogP contribution in [0.25, 0.3) is 0 Å². The van der Waals surface area contributed by atoms with E-state index in [4.69, 9.17) is 15.2 Å². The molecule has 0 spiro atoms. The summed E-state index contributed by atoms with van der Waals surface area (Å²) in [5, 5.41) is 2.91. The molecule has 0 aromatic heterocycles. The molecule has 1 rings (SSSR count). The van der Waals surface area contributed by atoms with E-state index < -0.39 is 12.1 Å². The van der Waals surface area contributed by atoms with E-state index in [1.54, 1.807) is 13.0 Å². The van der Waals surface area contributed by atoms with Crippen LogP contribution in [0, 0.1) is 0 Å². The van der Waals surface area contributed by atoms with Crippen molar-refractivity contribution in [2.45, 2.75) is 70.7 Å². The number of nitrogens with one attached hydrogen (secondary N) is 1. The molecule has 0 bridgehead atoms. The molecule has 1 aliphatic rings. The maximum Gasteiger partial charge on any atom is 0.333 e. The summed E-state index contributed by atoms with van der Waals surface area (Å²) >= 11 is 0. The van der Waals surface area contributed by atoms with E-state index in [9.17, 15) is 9.59 Å². The van der Waals surface area contributed by atoms with Gasteiger partial charge in [-0.25, -0.2) is 4.79 Å². The van der Waals surface area contributed by atoms with Gasteiger partial charge in [-0.3, -0.25) is 4.79 Å². The predicted octanol–water partition coefficient (Wildman–Crippen LogP) is 1.29. The third-order valence-electron chi connectivity index (χ3n) is 3.99. The van der Waals surface area contributed by atoms with Crippen molar-refractivity contribution in [2.24, 2.45) is 5.73 Å². The zero-order chi connectivity index (χ0) is 16.7. The molecule has 6 nitrogen and oxygen atoms in total. The van der Waals surface area contributed by atoms with Gasteiger partial charge in [0.2, 0.25) is 5.91 Å². The average molecular weight is 312 g/mol. The molecule has 3 N–H and O–H groups in total. The van der Waals surface area contributed by atoms with E-state index in [0.29, 0.717) is 18.4 Å². The molecule has 1 amide bonds. The number of nitrogens with two attached hydrogens (primary N) is 1. The smallest absolute Gasteiger partial charge is 0.333 e. The number of hydrogen-bond donors (Lipinski definition) is 2. The number of methoxy groups -OCH3 is 1. The zero-order valence-electron chi connectivity index (χ0n) is 13.9. The Morgan fingerprint density at radius 1 is 1.36 bits per heavy atom. The third-order valence-corrected chi connectivity index (χ3v) is 3.99. The van der Waals surface area contributed by atoms with Crippen LogP contribution >= 0.6 is 0 Å². The maximum absolute atomic E-state index is 11.8. The first-order chi connectivity index (χ1) is 10.5. The van der Waals surface area contributed by atoms with Crippen LogP contribution < -0.4 is 11.1 Å². The molecule has 0 saturated heterocycles. The fourth-order valence-electron chi connectivity index (χ4n) is 2.58. The lowest BCUT2D eigenvalue weighted by atomic mass is 9.88. The third kappa shape index (κ3) is 4.81. The van der Waals surface area contributed by atoms with Crippen LogP contribution in [0.1, 0.15) is 46.5 Å². The number of hydrogen-bond acceptors (Lipinski definition) is 5. The quantitative estimate of drug-likeness (QED) is 0.691. The Bertz CT molecular complexity index is 418. The van der Waals surface area contributed by atoms with E-state index >= 15 is 0 Å². The monoisotopic (exact) mass is 312 g/mol. The highest BCUT2D eigenvalue weighted by atomic mass is 16.5. The van der Waals surface area contributed by atoms with Gasteiger partial charge in [-0.05, 0) is 25.3 Å². The number of ether oxygens (including phenoxy) is 2. The number of esters is 1. The first-order valence-electron chi connectivity index (χ1n) is 7.96. The lowest BCUT2D eigenvalue weighted by molar-refractivity contribution is -0.136. The second-order valence-corrected chi connectivity index (χ2v) is 5.54. The molecule has 22 heavy (non-hydrogen) atoms. The van der Waals surface area contributed by atoms with Gasteiger partial charge in [0, 0.05) is 18.0 Å². The van der Waals surface area contributed by atoms with Gasteiger partial charge in [0.05, 0.1) is 25.4 Å². The Morgan fingerprint density at radius 2 is 2.00 bits per heavy atom. The van der Waals surface area contributed by atoms with Gasteiger partial charge in [0.15, 0.2) is 0 Å². The zero-order valence-corrected chi connectivity index (χ0v) is 13.9. The van der Waals surface area contributed by atoms with E-state index in [-0.39, 0.29) is 24.1 Å². The van der Waals surface area contributed by atoms with Gasteiger partial charge in [-0.15, -0.1) is 0 Å². The van der Waals surface area contributed by atoms with Crippen molar-refractivity contribution in [3.05, 3.63) is 11.6 Å². The largest absolute Gasteiger partial charge is 0.466 e. The van der Waals surface area contributed by atoms with Crippen LogP contribution in [0.2, 0.25) is 0 Å². The fourth-order valence-corrected chi connectivity index (χ4v) is 2.58. The van der Waals surface area contributed by atoms with E-state index in [2.05, 4.69) is 5.32 Å². The molecule has 3 atom stereocenters. The Hall–Kier alpha value is -1.40. The minimum Gasteiger partial charge on any atom is -0.466 e. The van der Waals surface area contributed by atoms with Gasteiger partial charge in [0.25, 0.3) is 0 Å². The molecule has 1 aliphatic carbocycles. The lowest BCUT2D eigenvalue weighted by Crippen LogP contribution is -2.57. The second-order valence-electron chi connectivity index (χ2n) is 5.54. The number of rotatable bonds is 7. The number of carbonyl (C=O) groups is 2. The molecule has 0 unspecified atom stereocenters. The van der Waals surface area contributed by atoms with Crippen LogP contribution in [-0.4, -0.2) is 43.3 Å². The van der Waals surface area contributed by atoms with Gasteiger partial charge in [0.1, 0.15) is 0 Å². The Kier molecular flexibility index (Phi) is 7.55. The number of amides is 1. The molecule has 0 heterocycles. The summed E-state index contributed by atoms with van der Waals surface area (Å²) in [6.45, 7) is 5.87. The van der Waals surface area contributed by atoms with Crippen LogP contribution in [0.3, 0.4) is 0 Å². The highest BCUT2D eigenvalue weighted by Crippen LogP contribution is 2.24. The standard InChI is InChI=1S/C16H28N2O4/c1-5-11(6-2)22-13-9-10(16(20)21-4)8-12(17)15(13)18-14(19)7-3/h9,11-13,15H,5-8,17H2,1-4H3,(H,18,19)/t12-,13+,15+/m0/s1. The van der Waals surface area contributed by atoms with Crippen LogP contribution in [0.4, 0.5) is 0 Å². The van der Waals surface area contributed by atoms with Crippen molar-refractivity contribution in [3.8, 4) is 0 Å². The van der Waals surface area contributed by atoms with Crippen LogP contribution in [0.5, 0.6) is 0 Å². The van der Waals surface area contributed by atoms with E-state index in [0.717, 1.165) is 12.8 Å². The van der Waals surface area contributed by atoms with Crippen molar-refractivity contribution >= 4 is 11.9 Å². The van der Waals surface area contributed by atoms with Crippen molar-refractivity contribution in [1.82, 2.24) is 5.32 Å². The predicted molar refractivity (Wildman–Crippen MR) is 84.2 cm³/mol. The molecule has 0 aliphatic heterocycles. The van der Waals surface area contributed by atoms with Crippen molar-refractivity contribution in [2.75, 3.05) is 7.11 Å². The maximum atomic E-state index is 11.8. The molecule has 0 saturated carbocycles. The van der Waals surface area contributed by atoms with Gasteiger partial charge < -0.3 is 20.5 Å². The Labute approximate surface area is 132 Å². The Morgan fingerprint density at radius 3 is 2.50 bits per heavy atom. The molecule has 0 aromatic rings. The minimum absolute atomic E-state index is 0.0616. The highest BCUT2D eigenvalue weighted by molar-refractivity contribution is 5.89. The van der Waals surface area contributed by atoms with E-state index in [1.807, 2.05) is 13.8 Å². The summed E-state index contributed by atoms with van der Waals surface area (Å²) in [6.07, 6.45) is 3.85.